The Labute approximate surface area is 359 Å². The summed E-state index contributed by atoms with van der Waals surface area (Å²) in [5.74, 6) is 0.551. The number of esters is 1. The number of halogens is 2. The summed E-state index contributed by atoms with van der Waals surface area (Å²) >= 11 is 0. The van der Waals surface area contributed by atoms with E-state index in [1.807, 2.05) is 13.0 Å². The monoisotopic (exact) mass is 860 g/mol. The summed E-state index contributed by atoms with van der Waals surface area (Å²) in [7, 11) is 0. The molecule has 0 bridgehead atoms. The molecule has 5 aliphatic carbocycles. The third kappa shape index (κ3) is 9.61. The molecule has 2 aromatic rings. The van der Waals surface area contributed by atoms with Gasteiger partial charge in [0, 0.05) is 68.9 Å². The van der Waals surface area contributed by atoms with Gasteiger partial charge in [-0.2, -0.15) is 0 Å². The van der Waals surface area contributed by atoms with Gasteiger partial charge in [-0.05, 0) is 98.5 Å². The van der Waals surface area contributed by atoms with Gasteiger partial charge in [-0.15, -0.1) is 24.8 Å². The normalized spacial score (nSPS) is 26.2. The Hall–Kier alpha value is -3.72. The first-order valence-electron chi connectivity index (χ1n) is 20.7. The number of rotatable bonds is 14. The molecule has 3 fully saturated rings. The number of hydrogen-bond acceptors (Lipinski definition) is 13. The first-order valence-corrected chi connectivity index (χ1v) is 20.7. The lowest BCUT2D eigenvalue weighted by Crippen LogP contribution is -2.51. The lowest BCUT2D eigenvalue weighted by Gasteiger charge is -2.57. The van der Waals surface area contributed by atoms with Gasteiger partial charge in [0.2, 0.25) is 11.6 Å². The van der Waals surface area contributed by atoms with E-state index in [-0.39, 0.29) is 94.7 Å². The number of ketones is 3. The van der Waals surface area contributed by atoms with Gasteiger partial charge in [0.25, 0.3) is 0 Å². The topological polar surface area (TPSA) is 207 Å². The molecule has 6 atom stereocenters. The predicted molar refractivity (Wildman–Crippen MR) is 231 cm³/mol. The molecule has 0 heterocycles. The Morgan fingerprint density at radius 1 is 0.712 bits per heavy atom. The van der Waals surface area contributed by atoms with Gasteiger partial charge in [0.1, 0.15) is 17.6 Å². The number of allylic oxidation sites excluding steroid dienone is 1. The molecule has 2 aromatic carbocycles. The van der Waals surface area contributed by atoms with Crippen LogP contribution < -0.4 is 21.3 Å². The zero-order valence-corrected chi connectivity index (χ0v) is 36.0. The SMILES string of the molecule is CCC(=O)OC1CCC2C3CCC4=CC(=O)CCC4(C)C3CCC12C.Cl.Cl.O=C1c2c(O)ccc(O)c2C(=O)c2c(NCCNCCO)ccc(NCCNCCO)c21. The molecule has 8 N–H and O–H groups in total. The smallest absolute Gasteiger partial charge is 0.305 e. The first-order chi connectivity index (χ1) is 27.4. The fourth-order valence-electron chi connectivity index (χ4n) is 10.6. The number of aromatic hydroxyl groups is 2. The van der Waals surface area contributed by atoms with Crippen molar-refractivity contribution in [1.82, 2.24) is 10.6 Å². The van der Waals surface area contributed by atoms with Crippen molar-refractivity contribution in [2.24, 2.45) is 28.6 Å². The molecule has 15 heteroatoms. The van der Waals surface area contributed by atoms with E-state index in [0.29, 0.717) is 74.7 Å². The number of phenols is 2. The Balaban J connectivity index is 0.000000258. The summed E-state index contributed by atoms with van der Waals surface area (Å²) in [5, 5.41) is 50.6. The Morgan fingerprint density at radius 2 is 1.27 bits per heavy atom. The van der Waals surface area contributed by atoms with Crippen molar-refractivity contribution >= 4 is 59.5 Å². The van der Waals surface area contributed by atoms with Gasteiger partial charge in [-0.1, -0.05) is 26.3 Å². The molecule has 0 spiro atoms. The zero-order chi connectivity index (χ0) is 40.9. The highest BCUT2D eigenvalue weighted by Gasteiger charge is 2.60. The highest BCUT2D eigenvalue weighted by atomic mass is 35.5. The predicted octanol–water partition coefficient (Wildman–Crippen LogP) is 5.54. The van der Waals surface area contributed by atoms with Crippen LogP contribution in [0.3, 0.4) is 0 Å². The highest BCUT2D eigenvalue weighted by Crippen LogP contribution is 2.65. The fourth-order valence-corrected chi connectivity index (χ4v) is 10.6. The molecule has 0 radical (unpaired) electrons. The van der Waals surface area contributed by atoms with Crippen molar-refractivity contribution < 1.29 is 44.3 Å². The number of phenolic OH excluding ortho intramolecular Hbond substituents is 2. The van der Waals surface area contributed by atoms with Gasteiger partial charge in [-0.25, -0.2) is 0 Å². The minimum atomic E-state index is -0.559. The number of hydrogen-bond donors (Lipinski definition) is 8. The van der Waals surface area contributed by atoms with Gasteiger partial charge in [0.05, 0.1) is 35.5 Å². The molecular formula is C44H62Cl2N4O9. The molecule has 7 rings (SSSR count). The first kappa shape index (κ1) is 48.0. The summed E-state index contributed by atoms with van der Waals surface area (Å²) in [6, 6.07) is 5.74. The molecule has 326 valence electrons. The number of ether oxygens (including phenoxy) is 1. The van der Waals surface area contributed by atoms with Crippen LogP contribution in [0.2, 0.25) is 0 Å². The third-order valence-corrected chi connectivity index (χ3v) is 13.5. The minimum absolute atomic E-state index is 0. The van der Waals surface area contributed by atoms with Crippen molar-refractivity contribution in [1.29, 1.82) is 0 Å². The Bertz CT molecular complexity index is 1810. The van der Waals surface area contributed by atoms with Gasteiger partial charge in [-0.3, -0.25) is 19.2 Å². The molecular weight excluding hydrogens is 799 g/mol. The third-order valence-electron chi connectivity index (χ3n) is 13.5. The number of fused-ring (bicyclic) bond motifs is 7. The van der Waals surface area contributed by atoms with Crippen LogP contribution in [0.15, 0.2) is 35.9 Å². The molecule has 0 saturated heterocycles. The standard InChI is InChI=1S/C22H28N4O6.C22H32O3.2ClH/c27-11-9-23-5-7-25-13-1-2-14(26-8-6-24-10-12-28)18-17(13)21(31)19-15(29)3-4-16(30)20(19)22(18)32;1-4-20(24)25-19-8-7-17-16-6-5-14-13-15(23)9-11-21(14,2)18(16)10-12-22(17,19)3;;/h1-4,23-30H,5-12H2;13,16-19H,4-12H2,1-3H3;2*1H. The summed E-state index contributed by atoms with van der Waals surface area (Å²) < 4.78 is 5.86. The second-order valence-corrected chi connectivity index (χ2v) is 16.6. The van der Waals surface area contributed by atoms with E-state index in [4.69, 9.17) is 14.9 Å². The van der Waals surface area contributed by atoms with E-state index >= 15 is 0 Å². The van der Waals surface area contributed by atoms with E-state index in [1.165, 1.54) is 37.0 Å². The van der Waals surface area contributed by atoms with Gasteiger partial charge >= 0.3 is 5.97 Å². The van der Waals surface area contributed by atoms with Crippen LogP contribution in [-0.2, 0) is 14.3 Å². The lowest BCUT2D eigenvalue weighted by atomic mass is 9.47. The second-order valence-electron chi connectivity index (χ2n) is 16.6. The molecule has 3 saturated carbocycles. The molecule has 0 aliphatic heterocycles. The van der Waals surface area contributed by atoms with Crippen LogP contribution in [0.5, 0.6) is 11.5 Å². The zero-order valence-electron chi connectivity index (χ0n) is 34.4. The Morgan fingerprint density at radius 3 is 1.80 bits per heavy atom. The maximum atomic E-state index is 13.4. The molecule has 0 amide bonds. The molecule has 13 nitrogen and oxygen atoms in total. The quantitative estimate of drug-likeness (QED) is 0.0570. The van der Waals surface area contributed by atoms with E-state index in [1.54, 1.807) is 12.1 Å². The van der Waals surface area contributed by atoms with Gasteiger partial charge < -0.3 is 46.4 Å². The molecule has 59 heavy (non-hydrogen) atoms. The van der Waals surface area contributed by atoms with Gasteiger partial charge in [0.15, 0.2) is 5.78 Å². The summed E-state index contributed by atoms with van der Waals surface area (Å²) in [4.78, 5) is 50.5. The van der Waals surface area contributed by atoms with Crippen LogP contribution in [0.1, 0.15) is 110 Å². The minimum Gasteiger partial charge on any atom is -0.507 e. The largest absolute Gasteiger partial charge is 0.507 e. The number of carbonyl (C=O) groups is 4. The summed E-state index contributed by atoms with van der Waals surface area (Å²) in [6.07, 6.45) is 11.3. The fraction of sp³-hybridized carbons (Fsp3) is 0.591. The highest BCUT2D eigenvalue weighted by molar-refractivity contribution is 6.33. The maximum Gasteiger partial charge on any atom is 0.305 e. The number of benzene rings is 2. The second kappa shape index (κ2) is 20.7. The van der Waals surface area contributed by atoms with Crippen molar-refractivity contribution in [3.63, 3.8) is 0 Å². The summed E-state index contributed by atoms with van der Waals surface area (Å²) in [6.45, 7) is 9.50. The number of carbonyl (C=O) groups excluding carboxylic acids is 4. The van der Waals surface area contributed by atoms with E-state index in [9.17, 15) is 29.4 Å². The summed E-state index contributed by atoms with van der Waals surface area (Å²) in [5.41, 5.74) is 2.50. The van der Waals surface area contributed by atoms with E-state index < -0.39 is 11.6 Å². The maximum absolute atomic E-state index is 13.4. The molecule has 0 aromatic heterocycles. The molecule has 6 unspecified atom stereocenters. The van der Waals surface area contributed by atoms with Crippen LogP contribution in [0.4, 0.5) is 11.4 Å². The van der Waals surface area contributed by atoms with Crippen LogP contribution in [0, 0.1) is 28.6 Å². The Kier molecular flexibility index (Phi) is 16.8. The average molecular weight is 862 g/mol. The number of aliphatic hydroxyl groups excluding tert-OH is 2. The van der Waals surface area contributed by atoms with Crippen molar-refractivity contribution in [3.05, 3.63) is 58.2 Å². The van der Waals surface area contributed by atoms with Crippen molar-refractivity contribution in [3.8, 4) is 11.5 Å². The van der Waals surface area contributed by atoms with Crippen molar-refractivity contribution in [2.45, 2.75) is 84.7 Å². The van der Waals surface area contributed by atoms with Crippen LogP contribution in [0.25, 0.3) is 0 Å². The molecule has 5 aliphatic rings. The number of anilines is 2. The van der Waals surface area contributed by atoms with E-state index in [2.05, 4.69) is 35.1 Å². The van der Waals surface area contributed by atoms with Crippen molar-refractivity contribution in [2.75, 3.05) is 63.1 Å². The van der Waals surface area contributed by atoms with Crippen LogP contribution in [-0.4, -0.2) is 102 Å². The van der Waals surface area contributed by atoms with Crippen LogP contribution >= 0.6 is 24.8 Å². The number of nitrogens with one attached hydrogen (secondary N) is 4. The average Bonchev–Trinajstić information content (AvgIpc) is 3.53. The lowest BCUT2D eigenvalue weighted by molar-refractivity contribution is -0.159. The van der Waals surface area contributed by atoms with E-state index in [0.717, 1.165) is 38.0 Å². The number of aliphatic hydroxyl groups is 2.